The number of fused-ring (bicyclic) bond motifs is 1. The van der Waals surface area contributed by atoms with E-state index in [0.717, 1.165) is 5.56 Å². The van der Waals surface area contributed by atoms with Crippen LogP contribution >= 0.6 is 0 Å². The molecule has 122 valence electrons. The first-order valence-electron chi connectivity index (χ1n) is 7.04. The fourth-order valence-corrected chi connectivity index (χ4v) is 2.35. The largest absolute Gasteiger partial charge is 0.493 e. The molecule has 24 heavy (non-hydrogen) atoms. The monoisotopic (exact) mass is 328 g/mol. The summed E-state index contributed by atoms with van der Waals surface area (Å²) < 4.78 is 24.1. The topological polar surface area (TPSA) is 74.5 Å². The first-order chi connectivity index (χ1) is 11.5. The lowest BCUT2D eigenvalue weighted by molar-refractivity contribution is -0.383. The number of rotatable bonds is 4. The number of methoxy groups -OCH3 is 1. The number of non-ortho nitro benzene ring substituents is 1. The Bertz CT molecular complexity index is 926. The molecule has 0 unspecified atom stereocenters. The standard InChI is InChI=1S/C17H13FN2O4/c1-10-7-13-16(19-9-10)14(20(21)22)8-15(23-2)17(13)24-12-5-3-11(18)4-6-12/h3-9H,1-2H3. The summed E-state index contributed by atoms with van der Waals surface area (Å²) in [6.45, 7) is 1.82. The second-order valence-electron chi connectivity index (χ2n) is 5.15. The van der Waals surface area contributed by atoms with E-state index in [4.69, 9.17) is 9.47 Å². The van der Waals surface area contributed by atoms with Crippen molar-refractivity contribution in [1.29, 1.82) is 0 Å². The molecular weight excluding hydrogens is 315 g/mol. The van der Waals surface area contributed by atoms with Gasteiger partial charge >= 0.3 is 0 Å². The summed E-state index contributed by atoms with van der Waals surface area (Å²) in [6.07, 6.45) is 1.55. The molecule has 0 aliphatic rings. The second-order valence-corrected chi connectivity index (χ2v) is 5.15. The van der Waals surface area contributed by atoms with Crippen molar-refractivity contribution in [2.24, 2.45) is 0 Å². The van der Waals surface area contributed by atoms with Crippen LogP contribution in [0, 0.1) is 22.9 Å². The average Bonchev–Trinajstić information content (AvgIpc) is 2.56. The Kier molecular flexibility index (Phi) is 3.99. The third-order valence-corrected chi connectivity index (χ3v) is 3.45. The Balaban J connectivity index is 2.25. The number of benzene rings is 2. The molecule has 0 N–H and O–H groups in total. The summed E-state index contributed by atoms with van der Waals surface area (Å²) in [5, 5.41) is 11.8. The highest BCUT2D eigenvalue weighted by Gasteiger charge is 2.22. The Morgan fingerprint density at radius 2 is 1.92 bits per heavy atom. The van der Waals surface area contributed by atoms with Gasteiger partial charge < -0.3 is 9.47 Å². The highest BCUT2D eigenvalue weighted by Crippen LogP contribution is 2.42. The van der Waals surface area contributed by atoms with Crippen molar-refractivity contribution in [3.8, 4) is 17.2 Å². The van der Waals surface area contributed by atoms with Crippen molar-refractivity contribution < 1.29 is 18.8 Å². The van der Waals surface area contributed by atoms with Gasteiger partial charge in [-0.15, -0.1) is 0 Å². The molecule has 0 bridgehead atoms. The minimum absolute atomic E-state index is 0.173. The quantitative estimate of drug-likeness (QED) is 0.524. The fraction of sp³-hybridized carbons (Fsp3) is 0.118. The summed E-state index contributed by atoms with van der Waals surface area (Å²) in [6, 6.07) is 8.45. The molecule has 0 amide bonds. The number of aromatic nitrogens is 1. The Morgan fingerprint density at radius 3 is 2.54 bits per heavy atom. The number of nitro groups is 1. The molecule has 1 aromatic heterocycles. The van der Waals surface area contributed by atoms with E-state index >= 15 is 0 Å². The van der Waals surface area contributed by atoms with E-state index in [1.165, 1.54) is 37.4 Å². The Morgan fingerprint density at radius 1 is 1.21 bits per heavy atom. The lowest BCUT2D eigenvalue weighted by Gasteiger charge is -2.13. The maximum Gasteiger partial charge on any atom is 0.299 e. The first-order valence-corrected chi connectivity index (χ1v) is 7.04. The van der Waals surface area contributed by atoms with Crippen LogP contribution < -0.4 is 9.47 Å². The van der Waals surface area contributed by atoms with Gasteiger partial charge in [0.25, 0.3) is 5.69 Å². The van der Waals surface area contributed by atoms with Gasteiger partial charge in [0, 0.05) is 6.20 Å². The van der Waals surface area contributed by atoms with E-state index < -0.39 is 4.92 Å². The molecule has 0 aliphatic heterocycles. The third kappa shape index (κ3) is 2.83. The molecule has 0 saturated heterocycles. The van der Waals surface area contributed by atoms with Gasteiger partial charge in [-0.1, -0.05) is 0 Å². The number of ether oxygens (including phenoxy) is 2. The van der Waals surface area contributed by atoms with Crippen LogP contribution in [0.2, 0.25) is 0 Å². The number of hydrogen-bond acceptors (Lipinski definition) is 5. The van der Waals surface area contributed by atoms with E-state index in [9.17, 15) is 14.5 Å². The average molecular weight is 328 g/mol. The van der Waals surface area contributed by atoms with Gasteiger partial charge in [-0.3, -0.25) is 10.1 Å². The van der Waals surface area contributed by atoms with Crippen molar-refractivity contribution in [3.63, 3.8) is 0 Å². The summed E-state index contributed by atoms with van der Waals surface area (Å²) in [5.41, 5.74) is 0.839. The molecule has 0 radical (unpaired) electrons. The number of hydrogen-bond donors (Lipinski definition) is 0. The van der Waals surface area contributed by atoms with Crippen LogP contribution in [-0.2, 0) is 0 Å². The molecule has 3 aromatic rings. The zero-order valence-electron chi connectivity index (χ0n) is 12.9. The van der Waals surface area contributed by atoms with Crippen molar-refractivity contribution >= 4 is 16.6 Å². The van der Waals surface area contributed by atoms with E-state index in [0.29, 0.717) is 16.9 Å². The predicted molar refractivity (Wildman–Crippen MR) is 86.2 cm³/mol. The molecule has 3 rings (SSSR count). The maximum absolute atomic E-state index is 13.1. The number of nitro benzene ring substituents is 1. The highest BCUT2D eigenvalue weighted by atomic mass is 19.1. The zero-order chi connectivity index (χ0) is 17.3. The molecule has 0 atom stereocenters. The molecule has 0 saturated carbocycles. The van der Waals surface area contributed by atoms with Crippen molar-refractivity contribution in [2.45, 2.75) is 6.92 Å². The van der Waals surface area contributed by atoms with Gasteiger partial charge in [0.15, 0.2) is 17.0 Å². The molecule has 0 aliphatic carbocycles. The van der Waals surface area contributed by atoms with E-state index in [2.05, 4.69) is 4.98 Å². The molecule has 7 heteroatoms. The summed E-state index contributed by atoms with van der Waals surface area (Å²) in [7, 11) is 1.39. The maximum atomic E-state index is 13.1. The lowest BCUT2D eigenvalue weighted by Crippen LogP contribution is -1.98. The SMILES string of the molecule is COc1cc([N+](=O)[O-])c2ncc(C)cc2c1Oc1ccc(F)cc1. The fourth-order valence-electron chi connectivity index (χ4n) is 2.35. The minimum Gasteiger partial charge on any atom is -0.493 e. The predicted octanol–water partition coefficient (Wildman–Crippen LogP) is 4.39. The van der Waals surface area contributed by atoms with Gasteiger partial charge in [0.2, 0.25) is 0 Å². The Labute approximate surface area is 136 Å². The normalized spacial score (nSPS) is 10.6. The molecule has 1 heterocycles. The van der Waals surface area contributed by atoms with Crippen LogP contribution in [0.15, 0.2) is 42.6 Å². The smallest absolute Gasteiger partial charge is 0.299 e. The van der Waals surface area contributed by atoms with Crippen LogP contribution in [0.25, 0.3) is 10.9 Å². The number of aryl methyl sites for hydroxylation is 1. The minimum atomic E-state index is -0.519. The summed E-state index contributed by atoms with van der Waals surface area (Å²) in [5.74, 6) is 0.485. The molecule has 0 fully saturated rings. The third-order valence-electron chi connectivity index (χ3n) is 3.45. The van der Waals surface area contributed by atoms with Gasteiger partial charge in [-0.25, -0.2) is 9.37 Å². The molecular formula is C17H13FN2O4. The summed E-state index contributed by atoms with van der Waals surface area (Å²) in [4.78, 5) is 14.9. The van der Waals surface area contributed by atoms with Crippen molar-refractivity contribution in [3.05, 3.63) is 64.1 Å². The molecule has 2 aromatic carbocycles. The van der Waals surface area contributed by atoms with Crippen molar-refractivity contribution in [2.75, 3.05) is 7.11 Å². The second kappa shape index (κ2) is 6.11. The van der Waals surface area contributed by atoms with E-state index in [1.807, 2.05) is 6.92 Å². The van der Waals surface area contributed by atoms with Crippen molar-refractivity contribution in [1.82, 2.24) is 4.98 Å². The van der Waals surface area contributed by atoms with Crippen LogP contribution in [0.4, 0.5) is 10.1 Å². The van der Waals surface area contributed by atoms with Crippen LogP contribution in [0.5, 0.6) is 17.2 Å². The van der Waals surface area contributed by atoms with Gasteiger partial charge in [-0.2, -0.15) is 0 Å². The van der Waals surface area contributed by atoms with Gasteiger partial charge in [-0.05, 0) is 42.8 Å². The summed E-state index contributed by atoms with van der Waals surface area (Å²) >= 11 is 0. The zero-order valence-corrected chi connectivity index (χ0v) is 12.9. The molecule has 0 spiro atoms. The van der Waals surface area contributed by atoms with Crippen LogP contribution in [0.3, 0.4) is 0 Å². The van der Waals surface area contributed by atoms with Gasteiger partial charge in [0.1, 0.15) is 11.6 Å². The van der Waals surface area contributed by atoms with Gasteiger partial charge in [0.05, 0.1) is 23.5 Å². The first kappa shape index (κ1) is 15.7. The Hall–Kier alpha value is -3.22. The van der Waals surface area contributed by atoms with Crippen LogP contribution in [-0.4, -0.2) is 17.0 Å². The van der Waals surface area contributed by atoms with E-state index in [1.54, 1.807) is 12.3 Å². The number of pyridine rings is 1. The van der Waals surface area contributed by atoms with E-state index in [-0.39, 0.29) is 22.8 Å². The highest BCUT2D eigenvalue weighted by molar-refractivity contribution is 5.95. The number of nitrogens with zero attached hydrogens (tertiary/aromatic N) is 2. The molecule has 6 nitrogen and oxygen atoms in total. The number of halogens is 1. The lowest BCUT2D eigenvalue weighted by atomic mass is 10.1. The van der Waals surface area contributed by atoms with Crippen LogP contribution in [0.1, 0.15) is 5.56 Å².